The molecule has 2 N–H and O–H groups in total. The standard InChI is InChI=1S/C21H24N2O4/c1-13-9-16(20(24)23-18-7-3-6-17(18)21(25)26)10-14(2)19(13)27-12-15-5-4-8-22-11-15/h4-5,8-11,17-18H,3,6-7,12H2,1-2H3,(H,23,24)(H,25,26)/t17-,18+/m0/s1. The van der Waals surface area contributed by atoms with Crippen molar-refractivity contribution >= 4 is 11.9 Å². The lowest BCUT2D eigenvalue weighted by Crippen LogP contribution is -2.40. The second-order valence-corrected chi connectivity index (χ2v) is 7.04. The molecular formula is C21H24N2O4. The number of carboxylic acid groups (broad SMARTS) is 1. The summed E-state index contributed by atoms with van der Waals surface area (Å²) >= 11 is 0. The highest BCUT2D eigenvalue weighted by Crippen LogP contribution is 2.28. The Morgan fingerprint density at radius 2 is 2.00 bits per heavy atom. The smallest absolute Gasteiger partial charge is 0.308 e. The van der Waals surface area contributed by atoms with Crippen LogP contribution in [0, 0.1) is 19.8 Å². The maximum atomic E-state index is 12.6. The maximum Gasteiger partial charge on any atom is 0.308 e. The fraction of sp³-hybridized carbons (Fsp3) is 0.381. The van der Waals surface area contributed by atoms with Crippen LogP contribution in [0.5, 0.6) is 5.75 Å². The Kier molecular flexibility index (Phi) is 5.74. The molecule has 1 fully saturated rings. The topological polar surface area (TPSA) is 88.5 Å². The average Bonchev–Trinajstić information content (AvgIpc) is 3.10. The van der Waals surface area contributed by atoms with Crippen molar-refractivity contribution in [3.8, 4) is 5.75 Å². The first-order chi connectivity index (χ1) is 13.0. The van der Waals surface area contributed by atoms with E-state index in [4.69, 9.17) is 4.74 Å². The van der Waals surface area contributed by atoms with E-state index >= 15 is 0 Å². The fourth-order valence-corrected chi connectivity index (χ4v) is 3.63. The van der Waals surface area contributed by atoms with Gasteiger partial charge in [0.1, 0.15) is 12.4 Å². The van der Waals surface area contributed by atoms with Crippen LogP contribution in [-0.2, 0) is 11.4 Å². The first-order valence-corrected chi connectivity index (χ1v) is 9.12. The summed E-state index contributed by atoms with van der Waals surface area (Å²) in [7, 11) is 0. The van der Waals surface area contributed by atoms with Crippen LogP contribution in [0.15, 0.2) is 36.7 Å². The Morgan fingerprint density at radius 1 is 1.26 bits per heavy atom. The number of pyridine rings is 1. The Hall–Kier alpha value is -2.89. The molecule has 0 saturated heterocycles. The highest BCUT2D eigenvalue weighted by Gasteiger charge is 2.34. The van der Waals surface area contributed by atoms with Crippen molar-refractivity contribution in [2.75, 3.05) is 0 Å². The minimum atomic E-state index is -0.843. The zero-order chi connectivity index (χ0) is 19.4. The molecule has 1 amide bonds. The number of aromatic nitrogens is 1. The molecule has 0 spiro atoms. The molecule has 27 heavy (non-hydrogen) atoms. The molecule has 6 nitrogen and oxygen atoms in total. The third-order valence-electron chi connectivity index (χ3n) is 4.98. The molecule has 1 heterocycles. The van der Waals surface area contributed by atoms with Crippen molar-refractivity contribution < 1.29 is 19.4 Å². The van der Waals surface area contributed by atoms with E-state index in [1.165, 1.54) is 0 Å². The zero-order valence-electron chi connectivity index (χ0n) is 15.6. The molecule has 0 unspecified atom stereocenters. The first kappa shape index (κ1) is 18.9. The van der Waals surface area contributed by atoms with Crippen molar-refractivity contribution in [2.45, 2.75) is 45.8 Å². The van der Waals surface area contributed by atoms with E-state index in [0.717, 1.165) is 28.9 Å². The number of aliphatic carboxylic acids is 1. The summed E-state index contributed by atoms with van der Waals surface area (Å²) in [6, 6.07) is 7.06. The maximum absolute atomic E-state index is 12.6. The molecule has 3 rings (SSSR count). The van der Waals surface area contributed by atoms with Gasteiger partial charge < -0.3 is 15.2 Å². The highest BCUT2D eigenvalue weighted by atomic mass is 16.5. The Balaban J connectivity index is 1.70. The number of hydrogen-bond donors (Lipinski definition) is 2. The van der Waals surface area contributed by atoms with Gasteiger partial charge in [0.25, 0.3) is 5.91 Å². The highest BCUT2D eigenvalue weighted by molar-refractivity contribution is 5.95. The van der Waals surface area contributed by atoms with Crippen LogP contribution < -0.4 is 10.1 Å². The van der Waals surface area contributed by atoms with Gasteiger partial charge in [0, 0.05) is 29.6 Å². The van der Waals surface area contributed by atoms with E-state index < -0.39 is 11.9 Å². The summed E-state index contributed by atoms with van der Waals surface area (Å²) in [5.74, 6) is -0.833. The summed E-state index contributed by atoms with van der Waals surface area (Å²) in [6.45, 7) is 4.21. The Bertz CT molecular complexity index is 812. The molecule has 0 aliphatic heterocycles. The van der Waals surface area contributed by atoms with Crippen molar-refractivity contribution in [1.29, 1.82) is 0 Å². The van der Waals surface area contributed by atoms with Crippen LogP contribution in [0.25, 0.3) is 0 Å². The van der Waals surface area contributed by atoms with Crippen molar-refractivity contribution in [3.63, 3.8) is 0 Å². The molecule has 2 aromatic rings. The van der Waals surface area contributed by atoms with Gasteiger partial charge in [-0.25, -0.2) is 0 Å². The van der Waals surface area contributed by atoms with Crippen LogP contribution in [0.1, 0.15) is 46.3 Å². The third-order valence-corrected chi connectivity index (χ3v) is 4.98. The summed E-state index contributed by atoms with van der Waals surface area (Å²) in [4.78, 5) is 28.0. The number of nitrogens with zero attached hydrogens (tertiary/aromatic N) is 1. The van der Waals surface area contributed by atoms with Gasteiger partial charge in [-0.2, -0.15) is 0 Å². The first-order valence-electron chi connectivity index (χ1n) is 9.12. The summed E-state index contributed by atoms with van der Waals surface area (Å²) < 4.78 is 5.92. The van der Waals surface area contributed by atoms with Crippen LogP contribution in [0.3, 0.4) is 0 Å². The van der Waals surface area contributed by atoms with E-state index in [2.05, 4.69) is 10.3 Å². The largest absolute Gasteiger partial charge is 0.488 e. The van der Waals surface area contributed by atoms with Gasteiger partial charge in [0.15, 0.2) is 0 Å². The summed E-state index contributed by atoms with van der Waals surface area (Å²) in [5.41, 5.74) is 3.23. The SMILES string of the molecule is Cc1cc(C(=O)N[C@@H]2CCC[C@@H]2C(=O)O)cc(C)c1OCc1cccnc1. The molecule has 142 valence electrons. The normalized spacial score (nSPS) is 18.9. The fourth-order valence-electron chi connectivity index (χ4n) is 3.63. The molecule has 0 radical (unpaired) electrons. The lowest BCUT2D eigenvalue weighted by Gasteiger charge is -2.19. The number of benzene rings is 1. The summed E-state index contributed by atoms with van der Waals surface area (Å²) in [5, 5.41) is 12.2. The molecule has 1 saturated carbocycles. The molecule has 1 aromatic heterocycles. The molecule has 6 heteroatoms. The van der Waals surface area contributed by atoms with Gasteiger partial charge in [0.2, 0.25) is 0 Å². The van der Waals surface area contributed by atoms with E-state index in [1.54, 1.807) is 24.5 Å². The van der Waals surface area contributed by atoms with Gasteiger partial charge in [-0.3, -0.25) is 14.6 Å². The van der Waals surface area contributed by atoms with Gasteiger partial charge in [-0.05, 0) is 56.0 Å². The minimum absolute atomic E-state index is 0.238. The molecule has 0 bridgehead atoms. The molecule has 1 aliphatic carbocycles. The number of carboxylic acids is 1. The number of hydrogen-bond acceptors (Lipinski definition) is 4. The molecular weight excluding hydrogens is 344 g/mol. The Labute approximate surface area is 158 Å². The number of nitrogens with one attached hydrogen (secondary N) is 1. The van der Waals surface area contributed by atoms with E-state index in [9.17, 15) is 14.7 Å². The zero-order valence-corrected chi connectivity index (χ0v) is 15.6. The predicted octanol–water partition coefficient (Wildman–Crippen LogP) is 3.26. The monoisotopic (exact) mass is 368 g/mol. The van der Waals surface area contributed by atoms with Gasteiger partial charge >= 0.3 is 5.97 Å². The van der Waals surface area contributed by atoms with Gasteiger partial charge in [-0.15, -0.1) is 0 Å². The quantitative estimate of drug-likeness (QED) is 0.817. The second kappa shape index (κ2) is 8.20. The molecule has 1 aromatic carbocycles. The van der Waals surface area contributed by atoms with Gasteiger partial charge in [0.05, 0.1) is 5.92 Å². The predicted molar refractivity (Wildman–Crippen MR) is 101 cm³/mol. The van der Waals surface area contributed by atoms with Gasteiger partial charge in [-0.1, -0.05) is 12.5 Å². The number of carbonyl (C=O) groups is 2. The van der Waals surface area contributed by atoms with Crippen LogP contribution >= 0.6 is 0 Å². The van der Waals surface area contributed by atoms with E-state index in [-0.39, 0.29) is 11.9 Å². The number of carbonyl (C=O) groups excluding carboxylic acids is 1. The van der Waals surface area contributed by atoms with Crippen molar-refractivity contribution in [2.24, 2.45) is 5.92 Å². The summed E-state index contributed by atoms with van der Waals surface area (Å²) in [6.07, 6.45) is 5.60. The van der Waals surface area contributed by atoms with Crippen molar-refractivity contribution in [1.82, 2.24) is 10.3 Å². The van der Waals surface area contributed by atoms with Crippen LogP contribution in [-0.4, -0.2) is 28.0 Å². The van der Waals surface area contributed by atoms with Crippen LogP contribution in [0.2, 0.25) is 0 Å². The number of aryl methyl sites for hydroxylation is 2. The second-order valence-electron chi connectivity index (χ2n) is 7.04. The number of amides is 1. The third kappa shape index (κ3) is 4.45. The Morgan fingerprint density at radius 3 is 2.63 bits per heavy atom. The number of ether oxygens (including phenoxy) is 1. The molecule has 1 aliphatic rings. The minimum Gasteiger partial charge on any atom is -0.488 e. The average molecular weight is 368 g/mol. The van der Waals surface area contributed by atoms with Crippen molar-refractivity contribution in [3.05, 3.63) is 58.9 Å². The lowest BCUT2D eigenvalue weighted by atomic mass is 10.0. The van der Waals surface area contributed by atoms with Crippen LogP contribution in [0.4, 0.5) is 0 Å². The van der Waals surface area contributed by atoms with E-state index in [0.29, 0.717) is 25.0 Å². The number of rotatable bonds is 6. The lowest BCUT2D eigenvalue weighted by molar-refractivity contribution is -0.142. The van der Waals surface area contributed by atoms with E-state index in [1.807, 2.05) is 26.0 Å². The molecule has 2 atom stereocenters.